The van der Waals surface area contributed by atoms with Gasteiger partial charge in [0.25, 0.3) is 5.91 Å². The van der Waals surface area contributed by atoms with Crippen molar-refractivity contribution < 1.29 is 18.7 Å². The summed E-state index contributed by atoms with van der Waals surface area (Å²) in [5, 5.41) is 7.54. The van der Waals surface area contributed by atoms with Gasteiger partial charge in [0.2, 0.25) is 0 Å². The maximum Gasteiger partial charge on any atom is 0.273 e. The maximum absolute atomic E-state index is 13.7. The van der Waals surface area contributed by atoms with Crippen molar-refractivity contribution >= 4 is 5.91 Å². The molecule has 0 saturated heterocycles. The van der Waals surface area contributed by atoms with Gasteiger partial charge in [-0.15, -0.1) is 0 Å². The lowest BCUT2D eigenvalue weighted by molar-refractivity contribution is 0.0730. The lowest BCUT2D eigenvalue weighted by Crippen LogP contribution is -2.29. The number of unbranched alkanes of at least 4 members (excludes halogenated alkanes) is 1. The molecule has 3 aromatic carbocycles. The molecule has 1 aliphatic rings. The minimum absolute atomic E-state index is 0.155. The second-order valence-corrected chi connectivity index (χ2v) is 9.30. The van der Waals surface area contributed by atoms with Crippen LogP contribution in [0.15, 0.2) is 66.7 Å². The molecule has 37 heavy (non-hydrogen) atoms. The first-order valence-electron chi connectivity index (χ1n) is 12.5. The van der Waals surface area contributed by atoms with Crippen LogP contribution in [0.2, 0.25) is 0 Å². The number of carbonyl (C=O) groups excluding carboxylic acids is 1. The molecule has 1 amide bonds. The van der Waals surface area contributed by atoms with Crippen molar-refractivity contribution in [2.45, 2.75) is 39.3 Å². The number of H-pyrrole nitrogens is 1. The molecule has 7 heteroatoms. The van der Waals surface area contributed by atoms with Gasteiger partial charge in [0.1, 0.15) is 11.5 Å². The molecule has 1 aromatic heterocycles. The predicted molar refractivity (Wildman–Crippen MR) is 140 cm³/mol. The number of rotatable bonds is 9. The number of hydrogen-bond acceptors (Lipinski definition) is 4. The number of amides is 1. The number of methoxy groups -OCH3 is 1. The van der Waals surface area contributed by atoms with Gasteiger partial charge >= 0.3 is 0 Å². The molecule has 1 atom stereocenters. The van der Waals surface area contributed by atoms with E-state index >= 15 is 0 Å². The van der Waals surface area contributed by atoms with Crippen LogP contribution in [0.5, 0.6) is 11.5 Å². The largest absolute Gasteiger partial charge is 0.493 e. The number of fused-ring (bicyclic) bond motifs is 1. The molecule has 6 nitrogen and oxygen atoms in total. The summed E-state index contributed by atoms with van der Waals surface area (Å²) in [4.78, 5) is 15.5. The van der Waals surface area contributed by atoms with Crippen molar-refractivity contribution in [1.29, 1.82) is 0 Å². The van der Waals surface area contributed by atoms with Gasteiger partial charge in [-0.05, 0) is 48.7 Å². The van der Waals surface area contributed by atoms with Crippen LogP contribution in [0.25, 0.3) is 11.3 Å². The van der Waals surface area contributed by atoms with Crippen LogP contribution in [0, 0.1) is 12.7 Å². The normalized spacial score (nSPS) is 14.6. The first kappa shape index (κ1) is 24.6. The molecule has 0 saturated carbocycles. The molecule has 190 valence electrons. The van der Waals surface area contributed by atoms with E-state index in [4.69, 9.17) is 9.47 Å². The Morgan fingerprint density at radius 3 is 2.49 bits per heavy atom. The maximum atomic E-state index is 13.7. The smallest absolute Gasteiger partial charge is 0.273 e. The van der Waals surface area contributed by atoms with Crippen molar-refractivity contribution in [3.63, 3.8) is 0 Å². The standard InChI is InChI=1S/C30H30FN3O3/c1-4-5-16-37-24-15-12-22(17-25(24)36-3)29-26-27(21-10-6-19(2)7-11-21)32-33-28(26)30(35)34(29)18-20-8-13-23(31)14-9-20/h6-15,17,29H,4-5,16,18H2,1-3H3,(H,32,33). The van der Waals surface area contributed by atoms with Gasteiger partial charge in [0.15, 0.2) is 11.5 Å². The molecule has 2 heterocycles. The van der Waals surface area contributed by atoms with E-state index in [0.29, 0.717) is 30.3 Å². The lowest BCUT2D eigenvalue weighted by Gasteiger charge is -2.27. The molecule has 5 rings (SSSR count). The van der Waals surface area contributed by atoms with E-state index in [-0.39, 0.29) is 11.7 Å². The summed E-state index contributed by atoms with van der Waals surface area (Å²) in [6.07, 6.45) is 1.99. The number of aromatic nitrogens is 2. The highest BCUT2D eigenvalue weighted by molar-refractivity contribution is 6.00. The number of carbonyl (C=O) groups is 1. The Labute approximate surface area is 216 Å². The zero-order chi connectivity index (χ0) is 25.9. The van der Waals surface area contributed by atoms with Crippen LogP contribution in [-0.4, -0.2) is 34.7 Å². The van der Waals surface area contributed by atoms with Crippen molar-refractivity contribution in [2.75, 3.05) is 13.7 Å². The van der Waals surface area contributed by atoms with Gasteiger partial charge < -0.3 is 14.4 Å². The Kier molecular flexibility index (Phi) is 6.95. The molecule has 0 fully saturated rings. The van der Waals surface area contributed by atoms with Crippen LogP contribution in [0.3, 0.4) is 0 Å². The third-order valence-corrected chi connectivity index (χ3v) is 6.71. The van der Waals surface area contributed by atoms with Crippen LogP contribution < -0.4 is 9.47 Å². The molecule has 0 bridgehead atoms. The van der Waals surface area contributed by atoms with Crippen LogP contribution in [0.4, 0.5) is 4.39 Å². The summed E-state index contributed by atoms with van der Waals surface area (Å²) in [6.45, 7) is 5.07. The van der Waals surface area contributed by atoms with Gasteiger partial charge in [-0.1, -0.05) is 61.4 Å². The second-order valence-electron chi connectivity index (χ2n) is 9.30. The summed E-state index contributed by atoms with van der Waals surface area (Å²) >= 11 is 0. The summed E-state index contributed by atoms with van der Waals surface area (Å²) in [6, 6.07) is 19.7. The quantitative estimate of drug-likeness (QED) is 0.269. The molecular weight excluding hydrogens is 469 g/mol. The topological polar surface area (TPSA) is 67.5 Å². The molecule has 1 unspecified atom stereocenters. The summed E-state index contributed by atoms with van der Waals surface area (Å²) in [7, 11) is 1.61. The number of nitrogens with one attached hydrogen (secondary N) is 1. The number of ether oxygens (including phenoxy) is 2. The zero-order valence-electron chi connectivity index (χ0n) is 21.3. The average Bonchev–Trinajstić information content (AvgIpc) is 3.45. The highest BCUT2D eigenvalue weighted by Crippen LogP contribution is 2.45. The van der Waals surface area contributed by atoms with Crippen LogP contribution in [-0.2, 0) is 6.54 Å². The SMILES string of the molecule is CCCCOc1ccc(C2c3c(-c4ccc(C)cc4)n[nH]c3C(=O)N2Cc2ccc(F)cc2)cc1OC. The Hall–Kier alpha value is -4.13. The van der Waals surface area contributed by atoms with Crippen molar-refractivity contribution in [2.24, 2.45) is 0 Å². The summed E-state index contributed by atoms with van der Waals surface area (Å²) < 4.78 is 25.2. The zero-order valence-corrected chi connectivity index (χ0v) is 21.3. The number of hydrogen-bond donors (Lipinski definition) is 1. The van der Waals surface area contributed by atoms with Crippen LogP contribution >= 0.6 is 0 Å². The minimum Gasteiger partial charge on any atom is -0.493 e. The number of halogens is 1. The van der Waals surface area contributed by atoms with Crippen molar-refractivity contribution in [3.05, 3.63) is 100 Å². The average molecular weight is 500 g/mol. The number of nitrogens with zero attached hydrogens (tertiary/aromatic N) is 2. The molecular formula is C30H30FN3O3. The molecule has 1 aliphatic heterocycles. The Morgan fingerprint density at radius 2 is 1.78 bits per heavy atom. The second kappa shape index (κ2) is 10.5. The third kappa shape index (κ3) is 4.81. The highest BCUT2D eigenvalue weighted by Gasteiger charge is 2.42. The number of aryl methyl sites for hydroxylation is 1. The van der Waals surface area contributed by atoms with Gasteiger partial charge in [0, 0.05) is 17.7 Å². The van der Waals surface area contributed by atoms with Gasteiger partial charge in [-0.25, -0.2) is 4.39 Å². The first-order valence-corrected chi connectivity index (χ1v) is 12.5. The predicted octanol–water partition coefficient (Wildman–Crippen LogP) is 6.46. The van der Waals surface area contributed by atoms with E-state index < -0.39 is 6.04 Å². The summed E-state index contributed by atoms with van der Waals surface area (Å²) in [5.41, 5.74) is 5.80. The number of benzene rings is 3. The van der Waals surface area contributed by atoms with Gasteiger partial charge in [-0.2, -0.15) is 5.10 Å². The van der Waals surface area contributed by atoms with E-state index in [0.717, 1.165) is 46.4 Å². The van der Waals surface area contributed by atoms with Crippen molar-refractivity contribution in [1.82, 2.24) is 15.1 Å². The molecule has 4 aromatic rings. The lowest BCUT2D eigenvalue weighted by atomic mass is 9.95. The first-order chi connectivity index (χ1) is 18.0. The molecule has 1 N–H and O–H groups in total. The van der Waals surface area contributed by atoms with E-state index in [1.807, 2.05) is 49.4 Å². The monoisotopic (exact) mass is 499 g/mol. The van der Waals surface area contributed by atoms with Crippen molar-refractivity contribution in [3.8, 4) is 22.8 Å². The fourth-order valence-electron chi connectivity index (χ4n) is 4.72. The minimum atomic E-state index is -0.416. The highest BCUT2D eigenvalue weighted by atomic mass is 19.1. The summed E-state index contributed by atoms with van der Waals surface area (Å²) in [5.74, 6) is 0.807. The van der Waals surface area contributed by atoms with E-state index in [1.165, 1.54) is 12.1 Å². The molecule has 0 spiro atoms. The third-order valence-electron chi connectivity index (χ3n) is 6.71. The molecule has 0 radical (unpaired) electrons. The number of aromatic amines is 1. The Bertz CT molecular complexity index is 1400. The Balaban J connectivity index is 1.60. The van der Waals surface area contributed by atoms with E-state index in [1.54, 1.807) is 24.1 Å². The fraction of sp³-hybridized carbons (Fsp3) is 0.267. The fourth-order valence-corrected chi connectivity index (χ4v) is 4.72. The van der Waals surface area contributed by atoms with Crippen LogP contribution in [0.1, 0.15) is 58.5 Å². The molecule has 0 aliphatic carbocycles. The van der Waals surface area contributed by atoms with E-state index in [2.05, 4.69) is 17.1 Å². The Morgan fingerprint density at radius 1 is 1.03 bits per heavy atom. The van der Waals surface area contributed by atoms with E-state index in [9.17, 15) is 9.18 Å². The van der Waals surface area contributed by atoms with Gasteiger partial charge in [0.05, 0.1) is 25.5 Å². The van der Waals surface area contributed by atoms with Gasteiger partial charge in [-0.3, -0.25) is 9.89 Å².